The van der Waals surface area contributed by atoms with E-state index in [0.29, 0.717) is 0 Å². The first kappa shape index (κ1) is 46.2. The SMILES string of the molecule is CNC1C(OC(C)(C)C)OC(COCC(=O)O)C(OC2OC(CO)C(OC3OC(COCC(=O)O)C(C(C)(C)C)C(O)C3N)C(O)C2NCC(=O)O)C1O. The van der Waals surface area contributed by atoms with Crippen LogP contribution in [0.1, 0.15) is 41.5 Å². The number of aliphatic hydroxyl groups is 4. The van der Waals surface area contributed by atoms with Crippen LogP contribution in [0.25, 0.3) is 0 Å². The average molecular weight is 786 g/mol. The van der Waals surface area contributed by atoms with E-state index in [1.165, 1.54) is 7.05 Å². The van der Waals surface area contributed by atoms with Crippen LogP contribution in [-0.2, 0) is 52.3 Å². The van der Waals surface area contributed by atoms with Crippen LogP contribution in [0.2, 0.25) is 0 Å². The number of hydrogen-bond acceptors (Lipinski definition) is 18. The van der Waals surface area contributed by atoms with Crippen molar-refractivity contribution < 1.29 is 88.0 Å². The summed E-state index contributed by atoms with van der Waals surface area (Å²) in [5.41, 5.74) is 5.05. The lowest BCUT2D eigenvalue weighted by atomic mass is 9.71. The molecule has 3 aliphatic heterocycles. The molecule has 0 aromatic rings. The van der Waals surface area contributed by atoms with E-state index < -0.39 is 154 Å². The van der Waals surface area contributed by atoms with Crippen molar-refractivity contribution in [3.63, 3.8) is 0 Å². The fraction of sp³-hybridized carbons (Fsp3) is 0.909. The Kier molecular flexibility index (Phi) is 16.9. The van der Waals surface area contributed by atoms with E-state index in [-0.39, 0.29) is 6.61 Å². The van der Waals surface area contributed by atoms with Gasteiger partial charge in [-0.1, -0.05) is 20.8 Å². The van der Waals surface area contributed by atoms with Crippen molar-refractivity contribution in [1.82, 2.24) is 10.6 Å². The lowest BCUT2D eigenvalue weighted by Crippen LogP contribution is -2.70. The molecule has 0 radical (unpaired) electrons. The average Bonchev–Trinajstić information content (AvgIpc) is 3.03. The van der Waals surface area contributed by atoms with Gasteiger partial charge in [-0.15, -0.1) is 0 Å². The Hall–Kier alpha value is -2.19. The Labute approximate surface area is 313 Å². The highest BCUT2D eigenvalue weighted by Crippen LogP contribution is 2.40. The third kappa shape index (κ3) is 12.4. The van der Waals surface area contributed by atoms with Crippen LogP contribution in [0.15, 0.2) is 0 Å². The molecular weight excluding hydrogens is 726 g/mol. The second kappa shape index (κ2) is 19.8. The fourth-order valence-corrected chi connectivity index (χ4v) is 6.89. The number of rotatable bonds is 18. The van der Waals surface area contributed by atoms with Gasteiger partial charge in [0.2, 0.25) is 0 Å². The van der Waals surface area contributed by atoms with Crippen molar-refractivity contribution in [1.29, 1.82) is 0 Å². The quantitative estimate of drug-likeness (QED) is 0.0649. The number of aliphatic hydroxyl groups excluding tert-OH is 4. The van der Waals surface area contributed by atoms with Crippen LogP contribution in [0.3, 0.4) is 0 Å². The van der Waals surface area contributed by atoms with Crippen molar-refractivity contribution in [2.45, 2.75) is 133 Å². The molecule has 0 spiro atoms. The number of nitrogens with one attached hydrogen (secondary N) is 2. The molecule has 54 heavy (non-hydrogen) atoms. The third-order valence-electron chi connectivity index (χ3n) is 9.20. The number of hydrogen-bond donors (Lipinski definition) is 10. The molecule has 21 heteroatoms. The number of nitrogens with two attached hydrogens (primary N) is 1. The summed E-state index contributed by atoms with van der Waals surface area (Å²) >= 11 is 0. The lowest BCUT2D eigenvalue weighted by molar-refractivity contribution is -0.357. The first-order valence-corrected chi connectivity index (χ1v) is 17.7. The number of carboxylic acid groups (broad SMARTS) is 3. The molecule has 15 unspecified atom stereocenters. The van der Waals surface area contributed by atoms with Gasteiger partial charge in [-0.05, 0) is 33.2 Å². The van der Waals surface area contributed by atoms with Gasteiger partial charge in [0.1, 0.15) is 49.8 Å². The minimum atomic E-state index is -1.73. The van der Waals surface area contributed by atoms with Gasteiger partial charge >= 0.3 is 17.9 Å². The molecule has 0 amide bonds. The molecule has 0 aromatic carbocycles. The van der Waals surface area contributed by atoms with Crippen molar-refractivity contribution in [2.24, 2.45) is 17.1 Å². The maximum atomic E-state index is 11.8. The topological polar surface area (TPSA) is 317 Å². The molecule has 21 nitrogen and oxygen atoms in total. The van der Waals surface area contributed by atoms with E-state index in [0.717, 1.165) is 0 Å². The van der Waals surface area contributed by atoms with Crippen LogP contribution in [0.5, 0.6) is 0 Å². The molecule has 3 heterocycles. The van der Waals surface area contributed by atoms with Gasteiger partial charge in [0, 0.05) is 5.92 Å². The van der Waals surface area contributed by atoms with Gasteiger partial charge < -0.3 is 84.7 Å². The zero-order valence-corrected chi connectivity index (χ0v) is 31.6. The summed E-state index contributed by atoms with van der Waals surface area (Å²) in [6, 6.07) is -3.58. The highest BCUT2D eigenvalue weighted by atomic mass is 16.8. The van der Waals surface area contributed by atoms with Crippen molar-refractivity contribution >= 4 is 17.9 Å². The second-order valence-corrected chi connectivity index (χ2v) is 15.6. The Balaban J connectivity index is 1.92. The van der Waals surface area contributed by atoms with Crippen molar-refractivity contribution in [2.75, 3.05) is 46.6 Å². The molecule has 15 atom stereocenters. The third-order valence-corrected chi connectivity index (χ3v) is 9.20. The minimum Gasteiger partial charge on any atom is -0.480 e. The molecule has 0 bridgehead atoms. The maximum Gasteiger partial charge on any atom is 0.329 e. The smallest absolute Gasteiger partial charge is 0.329 e. The molecule has 3 aliphatic rings. The largest absolute Gasteiger partial charge is 0.480 e. The zero-order chi connectivity index (χ0) is 40.7. The number of carboxylic acids is 3. The van der Waals surface area contributed by atoms with E-state index in [1.54, 1.807) is 20.8 Å². The molecule has 0 aromatic heterocycles. The normalized spacial score (nSPS) is 37.9. The number of carbonyl (C=O) groups is 3. The van der Waals surface area contributed by atoms with Crippen molar-refractivity contribution in [3.8, 4) is 0 Å². The van der Waals surface area contributed by atoms with Crippen LogP contribution in [0.4, 0.5) is 0 Å². The van der Waals surface area contributed by atoms with Gasteiger partial charge in [0.15, 0.2) is 18.9 Å². The van der Waals surface area contributed by atoms with E-state index in [2.05, 4.69) is 10.6 Å². The number of likely N-dealkylation sites (N-methyl/N-ethyl adjacent to an activating group) is 1. The van der Waals surface area contributed by atoms with E-state index in [1.807, 2.05) is 20.8 Å². The molecular formula is C33H59N3O18. The zero-order valence-electron chi connectivity index (χ0n) is 31.6. The summed E-state index contributed by atoms with van der Waals surface area (Å²) < 4.78 is 47.2. The first-order chi connectivity index (χ1) is 25.1. The lowest BCUT2D eigenvalue weighted by Gasteiger charge is -2.51. The summed E-state index contributed by atoms with van der Waals surface area (Å²) in [4.78, 5) is 34.0. The highest BCUT2D eigenvalue weighted by molar-refractivity contribution is 5.69. The van der Waals surface area contributed by atoms with Gasteiger partial charge in [0.05, 0.1) is 62.3 Å². The summed E-state index contributed by atoms with van der Waals surface area (Å²) in [5.74, 6) is -4.47. The molecule has 3 fully saturated rings. The predicted octanol–water partition coefficient (Wildman–Crippen LogP) is -3.36. The predicted molar refractivity (Wildman–Crippen MR) is 182 cm³/mol. The second-order valence-electron chi connectivity index (χ2n) is 15.6. The van der Waals surface area contributed by atoms with Crippen LogP contribution >= 0.6 is 0 Å². The van der Waals surface area contributed by atoms with Crippen LogP contribution < -0.4 is 16.4 Å². The van der Waals surface area contributed by atoms with Crippen LogP contribution in [0, 0.1) is 11.3 Å². The molecule has 0 aliphatic carbocycles. The molecule has 3 rings (SSSR count). The van der Waals surface area contributed by atoms with Gasteiger partial charge in [-0.2, -0.15) is 0 Å². The molecule has 314 valence electrons. The minimum absolute atomic E-state index is 0.262. The molecule has 0 saturated carbocycles. The van der Waals surface area contributed by atoms with Gasteiger partial charge in [-0.25, -0.2) is 9.59 Å². The van der Waals surface area contributed by atoms with E-state index in [9.17, 15) is 39.9 Å². The Morgan fingerprint density at radius 1 is 0.704 bits per heavy atom. The standard InChI is InChI=1S/C33H59N3O18/c1-32(2,3)20-15(10-47-12-18(40)41)50-29(21(34)24(20)44)52-27-14(9-37)49-30(23(26(27)46)36-8-17(38)39)53-28-16(11-48-13-19(42)43)51-31(54-33(4,5)6)22(35-7)25(28)45/h14-16,20-31,35-37,44-46H,8-13,34H2,1-7H3,(H,38,39)(H,40,41)(H,42,43). The van der Waals surface area contributed by atoms with Crippen LogP contribution in [-0.4, -0.2) is 192 Å². The van der Waals surface area contributed by atoms with Crippen molar-refractivity contribution in [3.05, 3.63) is 0 Å². The monoisotopic (exact) mass is 785 g/mol. The summed E-state index contributed by atoms with van der Waals surface area (Å²) in [5, 5.41) is 78.4. The summed E-state index contributed by atoms with van der Waals surface area (Å²) in [6.07, 6.45) is -15.0. The van der Waals surface area contributed by atoms with Gasteiger partial charge in [0.25, 0.3) is 0 Å². The Bertz CT molecular complexity index is 1220. The Morgan fingerprint density at radius 2 is 1.20 bits per heavy atom. The summed E-state index contributed by atoms with van der Waals surface area (Å²) in [6.45, 7) is 7.25. The number of aliphatic carboxylic acids is 3. The van der Waals surface area contributed by atoms with E-state index >= 15 is 0 Å². The van der Waals surface area contributed by atoms with Gasteiger partial charge in [-0.3, -0.25) is 10.1 Å². The molecule has 11 N–H and O–H groups in total. The Morgan fingerprint density at radius 3 is 1.70 bits per heavy atom. The highest BCUT2D eigenvalue weighted by Gasteiger charge is 2.55. The number of ether oxygens (including phenoxy) is 8. The fourth-order valence-electron chi connectivity index (χ4n) is 6.89. The van der Waals surface area contributed by atoms with E-state index in [4.69, 9.17) is 53.8 Å². The first-order valence-electron chi connectivity index (χ1n) is 17.7. The summed E-state index contributed by atoms with van der Waals surface area (Å²) in [7, 11) is 1.54. The maximum absolute atomic E-state index is 11.8. The molecule has 3 saturated heterocycles.